The highest BCUT2D eigenvalue weighted by Crippen LogP contribution is 2.70. The Morgan fingerprint density at radius 1 is 0.820 bits per heavy atom. The number of fused-ring (bicyclic) bond motifs is 5. The van der Waals surface area contributed by atoms with Crippen molar-refractivity contribution in [3.8, 4) is 0 Å². The van der Waals surface area contributed by atoms with Gasteiger partial charge in [-0.15, -0.1) is 0 Å². The van der Waals surface area contributed by atoms with E-state index in [0.717, 1.165) is 57.8 Å². The first-order chi connectivity index (χ1) is 23.1. The van der Waals surface area contributed by atoms with Crippen molar-refractivity contribution in [1.82, 2.24) is 10.6 Å². The summed E-state index contributed by atoms with van der Waals surface area (Å²) in [6.07, 6.45) is 9.05. The van der Waals surface area contributed by atoms with Gasteiger partial charge in [0, 0.05) is 18.9 Å². The Labute approximate surface area is 296 Å². The number of rotatable bonds is 15. The number of ether oxygens (including phenoxy) is 1. The lowest BCUT2D eigenvalue weighted by molar-refractivity contribution is -0.179. The molecule has 4 fully saturated rings. The molecule has 4 rings (SSSR count). The first-order valence-corrected chi connectivity index (χ1v) is 21.8. The second kappa shape index (κ2) is 15.7. The fraction of sp³-hybridized carbons (Fsp3) is 0.941. The molecular weight excluding hydrogens is 690 g/mol. The van der Waals surface area contributed by atoms with E-state index in [0.29, 0.717) is 37.0 Å². The van der Waals surface area contributed by atoms with Gasteiger partial charge in [-0.1, -0.05) is 46.5 Å². The number of aliphatic hydroxyl groups is 3. The molecule has 0 saturated heterocycles. The molecular formula is C34H62N2O12P2. The van der Waals surface area contributed by atoms with Crippen molar-refractivity contribution in [3.05, 3.63) is 0 Å². The molecule has 0 heterocycles. The van der Waals surface area contributed by atoms with Gasteiger partial charge in [-0.3, -0.25) is 13.9 Å². The molecule has 0 aromatic heterocycles. The molecule has 10 atom stereocenters. The molecule has 16 heteroatoms. The van der Waals surface area contributed by atoms with Crippen molar-refractivity contribution in [2.24, 2.45) is 40.4 Å². The van der Waals surface area contributed by atoms with Crippen molar-refractivity contribution in [3.63, 3.8) is 0 Å². The number of aliphatic hydroxyl groups excluding tert-OH is 1. The van der Waals surface area contributed by atoms with Gasteiger partial charge in [0.15, 0.2) is 0 Å². The SMILES string of the molecule is CCCCCCC(C)(O)C1CCC2C3CC(OC(=O)NCC(=O)NCCCC(O)(P(=O)(O)O)P(=O)(O)O)C4CC(O)CCC4(C)C3CCC21C. The van der Waals surface area contributed by atoms with E-state index in [2.05, 4.69) is 31.4 Å². The normalized spacial score (nSPS) is 35.6. The summed E-state index contributed by atoms with van der Waals surface area (Å²) < 4.78 is 29.1. The second-order valence-corrected chi connectivity index (χ2v) is 20.6. The minimum absolute atomic E-state index is 0.0238. The molecule has 4 saturated carbocycles. The molecule has 14 nitrogen and oxygen atoms in total. The predicted octanol–water partition coefficient (Wildman–Crippen LogP) is 4.33. The summed E-state index contributed by atoms with van der Waals surface area (Å²) in [5.41, 5.74) is -0.893. The molecule has 50 heavy (non-hydrogen) atoms. The average Bonchev–Trinajstić information content (AvgIpc) is 3.38. The van der Waals surface area contributed by atoms with E-state index < -0.39 is 63.0 Å². The topological polar surface area (TPSA) is 243 Å². The third kappa shape index (κ3) is 8.49. The van der Waals surface area contributed by atoms with Gasteiger partial charge in [-0.25, -0.2) is 4.79 Å². The van der Waals surface area contributed by atoms with Crippen LogP contribution in [0.4, 0.5) is 4.79 Å². The first kappa shape index (κ1) is 41.7. The molecule has 0 aromatic carbocycles. The summed E-state index contributed by atoms with van der Waals surface area (Å²) in [5.74, 6) is 0.593. The molecule has 10 unspecified atom stereocenters. The standard InChI is InChI=1S/C34H62N2O12P2/c1-5-6-7-8-14-33(4,40)28-11-10-24-23-20-27(26-19-22(37)12-16-31(26,2)25(23)13-17-32(24,28)3)48-30(39)36-21-29(38)35-18-9-15-34(41,49(42,43)44)50(45,46)47/h22-28,37,40-41H,5-21H2,1-4H3,(H,35,38)(H,36,39)(H2,42,43,44)(H2,45,46,47). The van der Waals surface area contributed by atoms with Crippen LogP contribution in [0.2, 0.25) is 0 Å². The highest BCUT2D eigenvalue weighted by Gasteiger charge is 2.64. The number of alkyl carbamates (subject to hydrolysis) is 1. The molecule has 0 bridgehead atoms. The van der Waals surface area contributed by atoms with Crippen LogP contribution in [0.15, 0.2) is 0 Å². The maximum absolute atomic E-state index is 13.1. The van der Waals surface area contributed by atoms with Crippen LogP contribution < -0.4 is 10.6 Å². The third-order valence-electron chi connectivity index (χ3n) is 13.5. The lowest BCUT2D eigenvalue weighted by Crippen LogP contribution is -2.60. The van der Waals surface area contributed by atoms with Crippen LogP contribution in [0.25, 0.3) is 0 Å². The van der Waals surface area contributed by atoms with Crippen molar-refractivity contribution >= 4 is 27.2 Å². The molecule has 4 aliphatic rings. The largest absolute Gasteiger partial charge is 0.446 e. The lowest BCUT2D eigenvalue weighted by Gasteiger charge is -2.62. The molecule has 0 aromatic rings. The van der Waals surface area contributed by atoms with Crippen LogP contribution in [0, 0.1) is 40.4 Å². The van der Waals surface area contributed by atoms with Crippen LogP contribution in [0.5, 0.6) is 0 Å². The highest BCUT2D eigenvalue weighted by molar-refractivity contribution is 7.72. The van der Waals surface area contributed by atoms with Gasteiger partial charge < -0.3 is 50.3 Å². The number of hydrogen-bond donors (Lipinski definition) is 9. The number of carbonyl (C=O) groups is 2. The fourth-order valence-corrected chi connectivity index (χ4v) is 13.1. The fourth-order valence-electron chi connectivity index (χ4n) is 10.9. The average molecular weight is 753 g/mol. The van der Waals surface area contributed by atoms with Crippen molar-refractivity contribution < 1.29 is 58.3 Å². The van der Waals surface area contributed by atoms with Gasteiger partial charge in [-0.2, -0.15) is 0 Å². The van der Waals surface area contributed by atoms with Crippen LogP contribution in [0.3, 0.4) is 0 Å². The Hall–Kier alpha value is -1.08. The van der Waals surface area contributed by atoms with Crippen molar-refractivity contribution in [2.45, 2.75) is 147 Å². The summed E-state index contributed by atoms with van der Waals surface area (Å²) >= 11 is 0. The zero-order valence-corrected chi connectivity index (χ0v) is 31.9. The molecule has 2 amide bonds. The third-order valence-corrected chi connectivity index (χ3v) is 17.4. The lowest BCUT2D eigenvalue weighted by atomic mass is 9.43. The van der Waals surface area contributed by atoms with Gasteiger partial charge in [0.2, 0.25) is 5.91 Å². The molecule has 0 aliphatic heterocycles. The van der Waals surface area contributed by atoms with Crippen molar-refractivity contribution in [2.75, 3.05) is 13.1 Å². The minimum Gasteiger partial charge on any atom is -0.446 e. The monoisotopic (exact) mass is 752 g/mol. The Bertz CT molecular complexity index is 1280. The van der Waals surface area contributed by atoms with E-state index >= 15 is 0 Å². The number of carbonyl (C=O) groups excluding carboxylic acids is 2. The van der Waals surface area contributed by atoms with Crippen LogP contribution in [0.1, 0.15) is 124 Å². The van der Waals surface area contributed by atoms with Gasteiger partial charge in [-0.05, 0) is 106 Å². The maximum atomic E-state index is 13.1. The van der Waals surface area contributed by atoms with E-state index in [4.69, 9.17) is 4.74 Å². The van der Waals surface area contributed by atoms with E-state index in [1.54, 1.807) is 0 Å². The Balaban J connectivity index is 1.38. The molecule has 0 radical (unpaired) electrons. The number of hydrogen-bond acceptors (Lipinski definition) is 8. The summed E-state index contributed by atoms with van der Waals surface area (Å²) in [4.78, 5) is 62.6. The molecule has 4 aliphatic carbocycles. The molecule has 0 spiro atoms. The van der Waals surface area contributed by atoms with Crippen LogP contribution >= 0.6 is 15.2 Å². The van der Waals surface area contributed by atoms with E-state index in [1.165, 1.54) is 6.42 Å². The van der Waals surface area contributed by atoms with Gasteiger partial charge in [0.25, 0.3) is 5.08 Å². The maximum Gasteiger partial charge on any atom is 0.407 e. The number of amides is 2. The van der Waals surface area contributed by atoms with E-state index in [9.17, 15) is 53.6 Å². The van der Waals surface area contributed by atoms with Crippen molar-refractivity contribution in [1.29, 1.82) is 0 Å². The molecule has 290 valence electrons. The van der Waals surface area contributed by atoms with E-state index in [1.807, 2.05) is 6.92 Å². The van der Waals surface area contributed by atoms with Gasteiger partial charge >= 0.3 is 21.3 Å². The summed E-state index contributed by atoms with van der Waals surface area (Å²) in [5, 5.41) is 33.8. The highest BCUT2D eigenvalue weighted by atomic mass is 31.2. The number of nitrogens with one attached hydrogen (secondary N) is 2. The number of unbranched alkanes of at least 4 members (excludes halogenated alkanes) is 3. The Morgan fingerprint density at radius 2 is 1.46 bits per heavy atom. The zero-order valence-electron chi connectivity index (χ0n) is 30.1. The Kier molecular flexibility index (Phi) is 13.1. The molecule has 9 N–H and O–H groups in total. The first-order valence-electron chi connectivity index (χ1n) is 18.6. The summed E-state index contributed by atoms with van der Waals surface area (Å²) in [6, 6.07) is 0. The Morgan fingerprint density at radius 3 is 2.10 bits per heavy atom. The van der Waals surface area contributed by atoms with Gasteiger partial charge in [0.05, 0.1) is 18.2 Å². The smallest absolute Gasteiger partial charge is 0.407 e. The minimum atomic E-state index is -5.59. The summed E-state index contributed by atoms with van der Waals surface area (Å²) in [7, 11) is -11.2. The van der Waals surface area contributed by atoms with Crippen LogP contribution in [-0.4, -0.2) is 82.9 Å². The quantitative estimate of drug-likeness (QED) is 0.0839. The summed E-state index contributed by atoms with van der Waals surface area (Å²) in [6.45, 7) is 8.13. The second-order valence-electron chi connectivity index (χ2n) is 16.6. The predicted molar refractivity (Wildman–Crippen MR) is 186 cm³/mol. The van der Waals surface area contributed by atoms with Crippen LogP contribution in [-0.2, 0) is 18.7 Å². The zero-order chi connectivity index (χ0) is 37.3. The van der Waals surface area contributed by atoms with E-state index in [-0.39, 0.29) is 35.6 Å². The van der Waals surface area contributed by atoms with Gasteiger partial charge in [0.1, 0.15) is 6.10 Å².